The van der Waals surface area contributed by atoms with Crippen molar-refractivity contribution in [3.05, 3.63) is 17.4 Å². The second kappa shape index (κ2) is 6.27. The van der Waals surface area contributed by atoms with E-state index in [0.29, 0.717) is 17.2 Å². The zero-order chi connectivity index (χ0) is 13.9. The van der Waals surface area contributed by atoms with Gasteiger partial charge >= 0.3 is 0 Å². The molecule has 0 N–H and O–H groups in total. The van der Waals surface area contributed by atoms with Gasteiger partial charge in [-0.3, -0.25) is 0 Å². The zero-order valence-corrected chi connectivity index (χ0v) is 12.7. The van der Waals surface area contributed by atoms with Crippen LogP contribution in [0, 0.1) is 5.92 Å². The van der Waals surface area contributed by atoms with E-state index in [2.05, 4.69) is 21.8 Å². The van der Waals surface area contributed by atoms with E-state index >= 15 is 0 Å². The Morgan fingerprint density at radius 2 is 2.05 bits per heavy atom. The van der Waals surface area contributed by atoms with Crippen LogP contribution in [-0.4, -0.2) is 35.3 Å². The van der Waals surface area contributed by atoms with Crippen LogP contribution in [0.3, 0.4) is 0 Å². The van der Waals surface area contributed by atoms with E-state index in [-0.39, 0.29) is 0 Å². The molecule has 5 heteroatoms. The molecule has 0 amide bonds. The van der Waals surface area contributed by atoms with Crippen molar-refractivity contribution in [1.29, 1.82) is 0 Å². The molecule has 0 radical (unpaired) electrons. The first-order chi connectivity index (χ1) is 9.76. The number of anilines is 1. The molecular formula is C15H22ClN3O. The average Bonchev–Trinajstić information content (AvgIpc) is 3.30. The number of hydrogen-bond donors (Lipinski definition) is 0. The summed E-state index contributed by atoms with van der Waals surface area (Å²) in [6, 6.07) is 0. The number of ether oxygens (including phenoxy) is 1. The largest absolute Gasteiger partial charge is 0.371 e. The minimum Gasteiger partial charge on any atom is -0.371 e. The minimum absolute atomic E-state index is 0.313. The van der Waals surface area contributed by atoms with Crippen LogP contribution in [-0.2, 0) is 4.74 Å². The average molecular weight is 296 g/mol. The lowest BCUT2D eigenvalue weighted by Crippen LogP contribution is -2.49. The van der Waals surface area contributed by atoms with Gasteiger partial charge in [0, 0.05) is 13.1 Å². The fourth-order valence-corrected chi connectivity index (χ4v) is 2.92. The van der Waals surface area contributed by atoms with Crippen LogP contribution in [0.5, 0.6) is 0 Å². The molecule has 1 aliphatic carbocycles. The molecule has 2 atom stereocenters. The van der Waals surface area contributed by atoms with E-state index in [1.807, 2.05) is 0 Å². The second-order valence-electron chi connectivity index (χ2n) is 5.88. The molecular weight excluding hydrogens is 274 g/mol. The highest BCUT2D eigenvalue weighted by Gasteiger charge is 2.38. The number of morpholine rings is 1. The topological polar surface area (TPSA) is 38.2 Å². The maximum atomic E-state index is 6.26. The quantitative estimate of drug-likeness (QED) is 0.835. The van der Waals surface area contributed by atoms with Crippen molar-refractivity contribution in [3.8, 4) is 0 Å². The van der Waals surface area contributed by atoms with Gasteiger partial charge in [0.2, 0.25) is 5.95 Å². The minimum atomic E-state index is 0.313. The Balaban J connectivity index is 1.69. The molecule has 0 bridgehead atoms. The van der Waals surface area contributed by atoms with Gasteiger partial charge in [-0.1, -0.05) is 31.4 Å². The third-order valence-corrected chi connectivity index (χ3v) is 4.30. The molecule has 1 saturated carbocycles. The third-order valence-electron chi connectivity index (χ3n) is 4.11. The van der Waals surface area contributed by atoms with Gasteiger partial charge in [-0.15, -0.1) is 0 Å². The predicted molar refractivity (Wildman–Crippen MR) is 80.2 cm³/mol. The predicted octanol–water partition coefficient (Wildman–Crippen LogP) is 3.30. The van der Waals surface area contributed by atoms with E-state index in [1.165, 1.54) is 25.7 Å². The first kappa shape index (κ1) is 14.1. The lowest BCUT2D eigenvalue weighted by Gasteiger charge is -2.38. The summed E-state index contributed by atoms with van der Waals surface area (Å²) in [4.78, 5) is 11.0. The number of nitrogens with zero attached hydrogens (tertiary/aromatic N) is 3. The molecule has 2 fully saturated rings. The Morgan fingerprint density at radius 1 is 1.30 bits per heavy atom. The van der Waals surface area contributed by atoms with Crippen molar-refractivity contribution in [3.63, 3.8) is 0 Å². The van der Waals surface area contributed by atoms with E-state index in [4.69, 9.17) is 16.3 Å². The molecule has 1 saturated heterocycles. The summed E-state index contributed by atoms with van der Waals surface area (Å²) in [5.41, 5.74) is 0. The molecule has 4 nitrogen and oxygen atoms in total. The van der Waals surface area contributed by atoms with Crippen LogP contribution in [0.1, 0.15) is 39.0 Å². The van der Waals surface area contributed by atoms with Crippen molar-refractivity contribution >= 4 is 17.5 Å². The van der Waals surface area contributed by atoms with E-state index in [9.17, 15) is 0 Å². The van der Waals surface area contributed by atoms with Gasteiger partial charge in [0.1, 0.15) is 0 Å². The van der Waals surface area contributed by atoms with Crippen molar-refractivity contribution in [2.24, 2.45) is 5.92 Å². The molecule has 0 unspecified atom stereocenters. The van der Waals surface area contributed by atoms with Gasteiger partial charge in [-0.2, -0.15) is 0 Å². The molecule has 20 heavy (non-hydrogen) atoms. The Hall–Kier alpha value is -0.870. The van der Waals surface area contributed by atoms with Crippen LogP contribution in [0.2, 0.25) is 5.02 Å². The van der Waals surface area contributed by atoms with Crippen LogP contribution < -0.4 is 4.90 Å². The number of hydrogen-bond acceptors (Lipinski definition) is 4. The van der Waals surface area contributed by atoms with Crippen molar-refractivity contribution < 1.29 is 4.74 Å². The summed E-state index contributed by atoms with van der Waals surface area (Å²) in [5.74, 6) is 1.53. The zero-order valence-electron chi connectivity index (χ0n) is 12.0. The summed E-state index contributed by atoms with van der Waals surface area (Å²) in [7, 11) is 0. The fourth-order valence-electron chi connectivity index (χ4n) is 2.82. The highest BCUT2D eigenvalue weighted by Crippen LogP contribution is 2.37. The van der Waals surface area contributed by atoms with Crippen molar-refractivity contribution in [2.75, 3.05) is 18.0 Å². The second-order valence-corrected chi connectivity index (χ2v) is 6.32. The maximum Gasteiger partial charge on any atom is 0.225 e. The molecule has 2 heterocycles. The molecule has 3 rings (SSSR count). The molecule has 1 aromatic rings. The lowest BCUT2D eigenvalue weighted by molar-refractivity contribution is -0.0414. The molecule has 2 aliphatic rings. The van der Waals surface area contributed by atoms with Gasteiger partial charge in [0.25, 0.3) is 0 Å². The highest BCUT2D eigenvalue weighted by atomic mass is 35.5. The standard InChI is InChI=1S/C15H22ClN3O/c1-2-3-4-13-9-19(10-14(20-13)11-5-6-11)15-17-7-12(16)8-18-15/h7-8,11,13-14H,2-6,9-10H2,1H3/t13-,14-/m1/s1. The smallest absolute Gasteiger partial charge is 0.225 e. The van der Waals surface area contributed by atoms with Crippen LogP contribution in [0.25, 0.3) is 0 Å². The summed E-state index contributed by atoms with van der Waals surface area (Å²) >= 11 is 5.87. The van der Waals surface area contributed by atoms with Crippen LogP contribution in [0.4, 0.5) is 5.95 Å². The molecule has 0 spiro atoms. The van der Waals surface area contributed by atoms with Crippen LogP contribution >= 0.6 is 11.6 Å². The lowest BCUT2D eigenvalue weighted by atomic mass is 10.1. The molecule has 110 valence electrons. The highest BCUT2D eigenvalue weighted by molar-refractivity contribution is 6.30. The number of rotatable bonds is 5. The Labute approximate surface area is 125 Å². The van der Waals surface area contributed by atoms with Crippen molar-refractivity contribution in [1.82, 2.24) is 9.97 Å². The third kappa shape index (κ3) is 3.41. The van der Waals surface area contributed by atoms with Gasteiger partial charge in [0.15, 0.2) is 0 Å². The molecule has 1 aromatic heterocycles. The molecule has 0 aromatic carbocycles. The van der Waals surface area contributed by atoms with Gasteiger partial charge in [0.05, 0.1) is 29.6 Å². The normalized spacial score (nSPS) is 26.8. The molecule has 1 aliphatic heterocycles. The first-order valence-corrected chi connectivity index (χ1v) is 8.02. The van der Waals surface area contributed by atoms with E-state index in [0.717, 1.165) is 31.4 Å². The fraction of sp³-hybridized carbons (Fsp3) is 0.733. The Morgan fingerprint density at radius 3 is 2.70 bits per heavy atom. The summed E-state index contributed by atoms with van der Waals surface area (Å²) in [5, 5.41) is 0.586. The summed E-state index contributed by atoms with van der Waals surface area (Å²) in [6.45, 7) is 4.03. The van der Waals surface area contributed by atoms with E-state index in [1.54, 1.807) is 12.4 Å². The van der Waals surface area contributed by atoms with Gasteiger partial charge in [-0.05, 0) is 25.2 Å². The number of halogens is 1. The van der Waals surface area contributed by atoms with Gasteiger partial charge in [-0.25, -0.2) is 9.97 Å². The van der Waals surface area contributed by atoms with Crippen LogP contribution in [0.15, 0.2) is 12.4 Å². The van der Waals surface area contributed by atoms with Gasteiger partial charge < -0.3 is 9.64 Å². The number of unbranched alkanes of at least 4 members (excludes halogenated alkanes) is 1. The van der Waals surface area contributed by atoms with E-state index < -0.39 is 0 Å². The summed E-state index contributed by atoms with van der Waals surface area (Å²) < 4.78 is 6.26. The Kier molecular flexibility index (Phi) is 4.41. The monoisotopic (exact) mass is 295 g/mol. The SMILES string of the molecule is CCCC[C@@H]1CN(c2ncc(Cl)cn2)C[C@H](C2CC2)O1. The van der Waals surface area contributed by atoms with Crippen molar-refractivity contribution in [2.45, 2.75) is 51.2 Å². The number of aromatic nitrogens is 2. The first-order valence-electron chi connectivity index (χ1n) is 7.64. The Bertz CT molecular complexity index is 435. The summed E-state index contributed by atoms with van der Waals surface area (Å²) in [6.07, 6.45) is 10.2. The maximum absolute atomic E-state index is 6.26.